The van der Waals surface area contributed by atoms with Gasteiger partial charge in [-0.2, -0.15) is 17.9 Å². The van der Waals surface area contributed by atoms with Gasteiger partial charge in [0.15, 0.2) is 0 Å². The van der Waals surface area contributed by atoms with Crippen molar-refractivity contribution in [3.8, 4) is 0 Å². The number of carbonyl (C=O) groups is 2. The first kappa shape index (κ1) is 27.6. The Bertz CT molecular complexity index is 1390. The molecular weight excluding hydrogens is 545 g/mol. The number of cyclic esters (lactones) is 1. The molecule has 2 amide bonds. The van der Waals surface area contributed by atoms with Crippen LogP contribution in [0.15, 0.2) is 89.8 Å². The molecule has 1 N–H and O–H groups in total. The van der Waals surface area contributed by atoms with Crippen LogP contribution in [0.5, 0.6) is 0 Å². The lowest BCUT2D eigenvalue weighted by molar-refractivity contribution is -0.164. The van der Waals surface area contributed by atoms with Gasteiger partial charge in [0.1, 0.15) is 18.6 Å². The van der Waals surface area contributed by atoms with E-state index in [1.165, 1.54) is 30.3 Å². The highest BCUT2D eigenvalue weighted by atomic mass is 35.5. The smallest absolute Gasteiger partial charge is 0.417 e. The van der Waals surface area contributed by atoms with Crippen LogP contribution in [-0.4, -0.2) is 50.2 Å². The van der Waals surface area contributed by atoms with E-state index in [4.69, 9.17) is 16.3 Å². The van der Waals surface area contributed by atoms with Gasteiger partial charge in [-0.1, -0.05) is 72.3 Å². The average molecular weight is 567 g/mol. The topological polar surface area (TPSA) is 92.8 Å². The quantitative estimate of drug-likeness (QED) is 0.418. The Balaban J connectivity index is 1.77. The molecule has 1 unspecified atom stereocenters. The molecule has 3 atom stereocenters. The molecule has 4 rings (SSSR count). The van der Waals surface area contributed by atoms with Crippen molar-refractivity contribution < 1.29 is 35.9 Å². The van der Waals surface area contributed by atoms with Gasteiger partial charge in [-0.25, -0.2) is 18.1 Å². The second-order valence-corrected chi connectivity index (χ2v) is 10.8. The fraction of sp³-hybridized carbons (Fsp3) is 0.231. The summed E-state index contributed by atoms with van der Waals surface area (Å²) < 4.78 is 76.9. The van der Waals surface area contributed by atoms with Gasteiger partial charge in [0.2, 0.25) is 10.0 Å². The second kappa shape index (κ2) is 11.1. The number of ether oxygens (including phenoxy) is 1. The molecular formula is C26H22ClF3N2O5S. The molecule has 12 heteroatoms. The molecule has 3 aromatic rings. The third kappa shape index (κ3) is 6.17. The highest BCUT2D eigenvalue weighted by molar-refractivity contribution is 7.89. The molecule has 0 aliphatic carbocycles. The maximum atomic E-state index is 14.5. The number of hydrogen-bond donors (Lipinski definition) is 1. The van der Waals surface area contributed by atoms with E-state index in [-0.39, 0.29) is 23.6 Å². The van der Waals surface area contributed by atoms with E-state index < -0.39 is 51.1 Å². The molecule has 1 heterocycles. The number of hydrogen-bond acceptors (Lipinski definition) is 5. The van der Waals surface area contributed by atoms with Crippen LogP contribution in [-0.2, 0) is 26.0 Å². The summed E-state index contributed by atoms with van der Waals surface area (Å²) >= 11 is 5.82. The molecule has 0 saturated carbocycles. The van der Waals surface area contributed by atoms with Crippen molar-refractivity contribution in [2.45, 2.75) is 35.5 Å². The fourth-order valence-corrected chi connectivity index (χ4v) is 5.59. The standard InChI is InChI=1S/C26H22ClF3N2O5S/c27-19-11-13-21(14-12-19)38(35,36)31-23(22(26(28,29)30)18-9-5-2-6-10-18)24(33)32-20(16-37-25(32)34)15-17-7-3-1-4-8-17/h1-14,20,22-23,31H,15-16H2/t20-,22-,23?/m0/s1. The Kier molecular flexibility index (Phi) is 8.10. The average Bonchev–Trinajstić information content (AvgIpc) is 3.23. The van der Waals surface area contributed by atoms with Gasteiger partial charge in [-0.3, -0.25) is 4.79 Å². The zero-order valence-electron chi connectivity index (χ0n) is 19.6. The SMILES string of the molecule is O=C1OC[C@H](Cc2ccccc2)N1C(=O)C(NS(=O)(=O)c1ccc(Cl)cc1)[C@H](c1ccccc1)C(F)(F)F. The Labute approximate surface area is 222 Å². The van der Waals surface area contributed by atoms with Crippen LogP contribution >= 0.6 is 11.6 Å². The van der Waals surface area contributed by atoms with Crippen LogP contribution in [0.4, 0.5) is 18.0 Å². The summed E-state index contributed by atoms with van der Waals surface area (Å²) in [5, 5.41) is 0.206. The minimum atomic E-state index is -5.07. The number of rotatable bonds is 8. The first-order chi connectivity index (χ1) is 18.0. The van der Waals surface area contributed by atoms with E-state index in [1.54, 1.807) is 30.3 Å². The maximum Gasteiger partial charge on any atom is 0.417 e. The number of amides is 2. The molecule has 7 nitrogen and oxygen atoms in total. The Morgan fingerprint density at radius 2 is 1.58 bits per heavy atom. The molecule has 3 aromatic carbocycles. The number of nitrogens with zero attached hydrogens (tertiary/aromatic N) is 1. The normalized spacial score (nSPS) is 17.6. The molecule has 1 aliphatic heterocycles. The van der Waals surface area contributed by atoms with Crippen molar-refractivity contribution in [2.75, 3.05) is 6.61 Å². The van der Waals surface area contributed by atoms with Gasteiger partial charge in [-0.05, 0) is 41.8 Å². The lowest BCUT2D eigenvalue weighted by Crippen LogP contribution is -2.56. The van der Waals surface area contributed by atoms with Gasteiger partial charge in [-0.15, -0.1) is 0 Å². The minimum Gasteiger partial charge on any atom is -0.447 e. The van der Waals surface area contributed by atoms with E-state index in [0.717, 1.165) is 24.3 Å². The second-order valence-electron chi connectivity index (χ2n) is 8.61. The number of imide groups is 1. The maximum absolute atomic E-state index is 14.5. The van der Waals surface area contributed by atoms with Crippen molar-refractivity contribution in [1.82, 2.24) is 9.62 Å². The number of alkyl halides is 3. The molecule has 0 aromatic heterocycles. The summed E-state index contributed by atoms with van der Waals surface area (Å²) in [6.07, 6.45) is -6.11. The van der Waals surface area contributed by atoms with E-state index in [2.05, 4.69) is 0 Å². The highest BCUT2D eigenvalue weighted by Crippen LogP contribution is 2.39. The molecule has 0 spiro atoms. The summed E-state index contributed by atoms with van der Waals surface area (Å²) in [5.74, 6) is -3.99. The monoisotopic (exact) mass is 566 g/mol. The highest BCUT2D eigenvalue weighted by Gasteiger charge is 2.53. The van der Waals surface area contributed by atoms with Crippen LogP contribution in [0, 0.1) is 0 Å². The lowest BCUT2D eigenvalue weighted by atomic mass is 9.90. The van der Waals surface area contributed by atoms with Gasteiger partial charge >= 0.3 is 12.3 Å². The largest absolute Gasteiger partial charge is 0.447 e. The fourth-order valence-electron chi connectivity index (χ4n) is 4.26. The Morgan fingerprint density at radius 3 is 2.16 bits per heavy atom. The molecule has 0 radical (unpaired) electrons. The molecule has 0 bridgehead atoms. The summed E-state index contributed by atoms with van der Waals surface area (Å²) in [6, 6.07) is 16.5. The predicted molar refractivity (Wildman–Crippen MR) is 133 cm³/mol. The van der Waals surface area contributed by atoms with Crippen LogP contribution in [0.3, 0.4) is 0 Å². The van der Waals surface area contributed by atoms with Crippen molar-refractivity contribution in [2.24, 2.45) is 0 Å². The zero-order valence-corrected chi connectivity index (χ0v) is 21.2. The van der Waals surface area contributed by atoms with Gasteiger partial charge < -0.3 is 4.74 Å². The van der Waals surface area contributed by atoms with Crippen LogP contribution in [0.2, 0.25) is 5.02 Å². The van der Waals surface area contributed by atoms with Crippen molar-refractivity contribution in [1.29, 1.82) is 0 Å². The lowest BCUT2D eigenvalue weighted by Gasteiger charge is -2.32. The number of halogens is 4. The molecule has 38 heavy (non-hydrogen) atoms. The third-order valence-corrected chi connectivity index (χ3v) is 7.74. The van der Waals surface area contributed by atoms with Crippen molar-refractivity contribution >= 4 is 33.6 Å². The third-order valence-electron chi connectivity index (χ3n) is 6.03. The summed E-state index contributed by atoms with van der Waals surface area (Å²) in [5.41, 5.74) is 0.353. The van der Waals surface area contributed by atoms with E-state index in [9.17, 15) is 31.2 Å². The first-order valence-corrected chi connectivity index (χ1v) is 13.3. The van der Waals surface area contributed by atoms with Gasteiger partial charge in [0.05, 0.1) is 10.9 Å². The summed E-state index contributed by atoms with van der Waals surface area (Å²) in [7, 11) is -4.67. The van der Waals surface area contributed by atoms with Crippen molar-refractivity contribution in [3.63, 3.8) is 0 Å². The summed E-state index contributed by atoms with van der Waals surface area (Å²) in [6.45, 7) is -0.252. The van der Waals surface area contributed by atoms with Crippen LogP contribution < -0.4 is 4.72 Å². The number of nitrogens with one attached hydrogen (secondary N) is 1. The van der Waals surface area contributed by atoms with E-state index in [0.29, 0.717) is 10.5 Å². The molecule has 1 fully saturated rings. The van der Waals surface area contributed by atoms with Crippen LogP contribution in [0.25, 0.3) is 0 Å². The van der Waals surface area contributed by atoms with Gasteiger partial charge in [0.25, 0.3) is 5.91 Å². The number of carbonyl (C=O) groups excluding carboxylic acids is 2. The Hall–Kier alpha value is -3.41. The number of benzene rings is 3. The Morgan fingerprint density at radius 1 is 1.00 bits per heavy atom. The first-order valence-electron chi connectivity index (χ1n) is 11.4. The minimum absolute atomic E-state index is 0.108. The molecule has 1 aliphatic rings. The molecule has 1 saturated heterocycles. The molecule has 200 valence electrons. The predicted octanol–water partition coefficient (Wildman–Crippen LogP) is 4.92. The van der Waals surface area contributed by atoms with Crippen LogP contribution in [0.1, 0.15) is 17.0 Å². The van der Waals surface area contributed by atoms with Crippen molar-refractivity contribution in [3.05, 3.63) is 101 Å². The van der Waals surface area contributed by atoms with E-state index >= 15 is 0 Å². The van der Waals surface area contributed by atoms with Gasteiger partial charge in [0, 0.05) is 5.02 Å². The number of sulfonamides is 1. The zero-order chi connectivity index (χ0) is 27.5. The summed E-state index contributed by atoms with van der Waals surface area (Å²) in [4.78, 5) is 26.5. The van der Waals surface area contributed by atoms with E-state index in [1.807, 2.05) is 4.72 Å².